The second-order valence-electron chi connectivity index (χ2n) is 5.70. The minimum Gasteiger partial charge on any atom is -0.451 e. The molecule has 0 aliphatic carbocycles. The molecule has 2 aromatic heterocycles. The fourth-order valence-electron chi connectivity index (χ4n) is 2.52. The Morgan fingerprint density at radius 1 is 1.15 bits per heavy atom. The van der Waals surface area contributed by atoms with Crippen molar-refractivity contribution in [3.63, 3.8) is 0 Å². The SMILES string of the molecule is O=C(NCc1ccc(Oc2nccs2)cc1)c1cc(=O)c2ccccc2o1. The van der Waals surface area contributed by atoms with E-state index in [4.69, 9.17) is 9.15 Å². The van der Waals surface area contributed by atoms with Gasteiger partial charge in [-0.15, -0.1) is 0 Å². The zero-order chi connectivity index (χ0) is 18.6. The van der Waals surface area contributed by atoms with Crippen LogP contribution < -0.4 is 15.5 Å². The highest BCUT2D eigenvalue weighted by Crippen LogP contribution is 2.23. The molecule has 0 saturated heterocycles. The van der Waals surface area contributed by atoms with E-state index < -0.39 is 5.91 Å². The third-order valence-corrected chi connectivity index (χ3v) is 4.50. The van der Waals surface area contributed by atoms with Crippen LogP contribution in [0.5, 0.6) is 10.9 Å². The molecule has 0 aliphatic heterocycles. The van der Waals surface area contributed by atoms with Crippen LogP contribution in [0.2, 0.25) is 0 Å². The van der Waals surface area contributed by atoms with Crippen molar-refractivity contribution in [3.8, 4) is 10.9 Å². The highest BCUT2D eigenvalue weighted by Gasteiger charge is 2.12. The van der Waals surface area contributed by atoms with Gasteiger partial charge in [-0.05, 0) is 29.8 Å². The second-order valence-corrected chi connectivity index (χ2v) is 6.55. The molecule has 0 spiro atoms. The topological polar surface area (TPSA) is 81.4 Å². The third kappa shape index (κ3) is 3.88. The Bertz CT molecular complexity index is 1130. The number of aromatic nitrogens is 1. The van der Waals surface area contributed by atoms with Gasteiger partial charge in [-0.1, -0.05) is 35.6 Å². The van der Waals surface area contributed by atoms with Crippen LogP contribution in [0, 0.1) is 0 Å². The Morgan fingerprint density at radius 2 is 1.96 bits per heavy atom. The number of carbonyl (C=O) groups excluding carboxylic acids is 1. The summed E-state index contributed by atoms with van der Waals surface area (Å²) in [6, 6.07) is 15.3. The molecule has 1 N–H and O–H groups in total. The Labute approximate surface area is 158 Å². The van der Waals surface area contributed by atoms with Crippen molar-refractivity contribution in [2.75, 3.05) is 0 Å². The summed E-state index contributed by atoms with van der Waals surface area (Å²) in [4.78, 5) is 28.5. The maximum absolute atomic E-state index is 12.3. The van der Waals surface area contributed by atoms with Gasteiger partial charge >= 0.3 is 0 Å². The Balaban J connectivity index is 1.42. The lowest BCUT2D eigenvalue weighted by Crippen LogP contribution is -2.23. The fourth-order valence-corrected chi connectivity index (χ4v) is 3.03. The quantitative estimate of drug-likeness (QED) is 0.568. The van der Waals surface area contributed by atoms with Crippen LogP contribution in [0.4, 0.5) is 0 Å². The van der Waals surface area contributed by atoms with Crippen molar-refractivity contribution in [1.82, 2.24) is 10.3 Å². The normalized spacial score (nSPS) is 10.7. The number of thiazole rings is 1. The van der Waals surface area contributed by atoms with Gasteiger partial charge in [0, 0.05) is 24.2 Å². The van der Waals surface area contributed by atoms with Crippen LogP contribution in [0.3, 0.4) is 0 Å². The van der Waals surface area contributed by atoms with Crippen LogP contribution >= 0.6 is 11.3 Å². The predicted octanol–water partition coefficient (Wildman–Crippen LogP) is 3.97. The number of hydrogen-bond acceptors (Lipinski definition) is 6. The Kier molecular flexibility index (Phi) is 4.67. The highest BCUT2D eigenvalue weighted by molar-refractivity contribution is 7.11. The number of hydrogen-bond donors (Lipinski definition) is 1. The van der Waals surface area contributed by atoms with E-state index >= 15 is 0 Å². The first-order chi connectivity index (χ1) is 13.2. The van der Waals surface area contributed by atoms with Crippen molar-refractivity contribution in [2.24, 2.45) is 0 Å². The van der Waals surface area contributed by atoms with Crippen LogP contribution in [-0.2, 0) is 6.54 Å². The molecule has 27 heavy (non-hydrogen) atoms. The summed E-state index contributed by atoms with van der Waals surface area (Å²) in [5.74, 6) is 0.212. The summed E-state index contributed by atoms with van der Waals surface area (Å²) in [6.45, 7) is 0.299. The smallest absolute Gasteiger partial charge is 0.287 e. The standard InChI is InChI=1S/C20H14N2O4S/c23-16-11-18(26-17-4-2-1-3-15(16)17)19(24)22-12-13-5-7-14(8-6-13)25-20-21-9-10-27-20/h1-11H,12H2,(H,22,24). The van der Waals surface area contributed by atoms with E-state index in [1.54, 1.807) is 42.6 Å². The van der Waals surface area contributed by atoms with Crippen LogP contribution in [0.25, 0.3) is 11.0 Å². The minimum atomic E-state index is -0.444. The lowest BCUT2D eigenvalue weighted by atomic mass is 10.2. The maximum Gasteiger partial charge on any atom is 0.287 e. The molecule has 4 aromatic rings. The average Bonchev–Trinajstić information content (AvgIpc) is 3.20. The Morgan fingerprint density at radius 3 is 2.74 bits per heavy atom. The van der Waals surface area contributed by atoms with Crippen LogP contribution in [-0.4, -0.2) is 10.9 Å². The van der Waals surface area contributed by atoms with E-state index in [9.17, 15) is 9.59 Å². The van der Waals surface area contributed by atoms with Crippen LogP contribution in [0.15, 0.2) is 75.4 Å². The zero-order valence-electron chi connectivity index (χ0n) is 14.0. The molecule has 6 nitrogen and oxygen atoms in total. The minimum absolute atomic E-state index is 0.0116. The Hall–Kier alpha value is -3.45. The number of benzene rings is 2. The molecule has 0 saturated carbocycles. The molecule has 7 heteroatoms. The lowest BCUT2D eigenvalue weighted by Gasteiger charge is -2.07. The van der Waals surface area contributed by atoms with Gasteiger partial charge in [0.25, 0.3) is 11.1 Å². The molecular formula is C20H14N2O4S. The third-order valence-electron chi connectivity index (χ3n) is 3.85. The average molecular weight is 378 g/mol. The van der Waals surface area contributed by atoms with E-state index in [2.05, 4.69) is 10.3 Å². The molecule has 0 radical (unpaired) electrons. The van der Waals surface area contributed by atoms with Gasteiger partial charge in [-0.25, -0.2) is 4.98 Å². The number of para-hydroxylation sites is 1. The molecule has 0 unspecified atom stereocenters. The molecular weight excluding hydrogens is 364 g/mol. The highest BCUT2D eigenvalue weighted by atomic mass is 32.1. The van der Waals surface area contributed by atoms with E-state index in [-0.39, 0.29) is 11.2 Å². The van der Waals surface area contributed by atoms with E-state index in [0.29, 0.717) is 28.5 Å². The first kappa shape index (κ1) is 17.0. The first-order valence-corrected chi connectivity index (χ1v) is 9.04. The first-order valence-electron chi connectivity index (χ1n) is 8.16. The molecule has 4 rings (SSSR count). The van der Waals surface area contributed by atoms with Crippen molar-refractivity contribution in [1.29, 1.82) is 0 Å². The summed E-state index contributed by atoms with van der Waals surface area (Å²) >= 11 is 1.41. The fraction of sp³-hybridized carbons (Fsp3) is 0.0500. The van der Waals surface area contributed by atoms with E-state index in [0.717, 1.165) is 5.56 Å². The van der Waals surface area contributed by atoms with Gasteiger partial charge in [0.15, 0.2) is 11.2 Å². The number of ether oxygens (including phenoxy) is 1. The molecule has 2 heterocycles. The second kappa shape index (κ2) is 7.43. The molecule has 1 amide bonds. The van der Waals surface area contributed by atoms with Gasteiger partial charge in [0.1, 0.15) is 11.3 Å². The maximum atomic E-state index is 12.3. The molecule has 0 aliphatic rings. The molecule has 0 fully saturated rings. The summed E-state index contributed by atoms with van der Waals surface area (Å²) in [5.41, 5.74) is 1.03. The predicted molar refractivity (Wildman–Crippen MR) is 102 cm³/mol. The summed E-state index contributed by atoms with van der Waals surface area (Å²) in [5, 5.41) is 5.61. The van der Waals surface area contributed by atoms with Crippen molar-refractivity contribution >= 4 is 28.2 Å². The van der Waals surface area contributed by atoms with E-state index in [1.807, 2.05) is 17.5 Å². The van der Waals surface area contributed by atoms with Crippen molar-refractivity contribution in [2.45, 2.75) is 6.54 Å². The molecule has 0 bridgehead atoms. The number of amides is 1. The number of fused-ring (bicyclic) bond motifs is 1. The van der Waals surface area contributed by atoms with Gasteiger partial charge < -0.3 is 14.5 Å². The molecule has 134 valence electrons. The monoisotopic (exact) mass is 378 g/mol. The van der Waals surface area contributed by atoms with Crippen molar-refractivity contribution in [3.05, 3.63) is 87.7 Å². The van der Waals surface area contributed by atoms with Crippen LogP contribution in [0.1, 0.15) is 16.1 Å². The van der Waals surface area contributed by atoms with Gasteiger partial charge in [-0.3, -0.25) is 9.59 Å². The largest absolute Gasteiger partial charge is 0.451 e. The summed E-state index contributed by atoms with van der Waals surface area (Å²) < 4.78 is 11.1. The zero-order valence-corrected chi connectivity index (χ0v) is 14.9. The van der Waals surface area contributed by atoms with Gasteiger partial charge in [0.05, 0.1) is 5.39 Å². The lowest BCUT2D eigenvalue weighted by molar-refractivity contribution is 0.0923. The van der Waals surface area contributed by atoms with Crippen molar-refractivity contribution < 1.29 is 13.9 Å². The summed E-state index contributed by atoms with van der Waals surface area (Å²) in [6.07, 6.45) is 1.68. The number of nitrogens with one attached hydrogen (secondary N) is 1. The summed E-state index contributed by atoms with van der Waals surface area (Å²) in [7, 11) is 0. The van der Waals surface area contributed by atoms with Gasteiger partial charge in [-0.2, -0.15) is 0 Å². The molecule has 2 aromatic carbocycles. The molecule has 0 atom stereocenters. The number of carbonyl (C=O) groups is 1. The number of nitrogens with zero attached hydrogens (tertiary/aromatic N) is 1. The number of rotatable bonds is 5. The van der Waals surface area contributed by atoms with Gasteiger partial charge in [0.2, 0.25) is 0 Å². The van der Waals surface area contributed by atoms with E-state index in [1.165, 1.54) is 17.4 Å².